The van der Waals surface area contributed by atoms with Gasteiger partial charge in [0.25, 0.3) is 5.56 Å². The molecule has 5 atom stereocenters. The molecule has 2 aromatic carbocycles. The van der Waals surface area contributed by atoms with Crippen molar-refractivity contribution in [3.05, 3.63) is 97.6 Å². The summed E-state index contributed by atoms with van der Waals surface area (Å²) in [6.45, 7) is 2.92. The van der Waals surface area contributed by atoms with Gasteiger partial charge in [-0.2, -0.15) is 0 Å². The standard InChI is InChI=1S/C48H53BrFN9O11/c1-4-48(69)29-15-33-42-27(21-59(33)46(67)28(29)22-70-47(48)68)41-31(13-12-26-23(2)30(50)16-32(57-42)40(26)41)56-35(61)11-8-14-52-37(63)19-55-45(66)43(58-36(62)17-49)39(25-9-6-5-7-10-25)34(60)18-53-38(64)20-54-44(65)24(3)51/h5-7,9-10,15-16,24,31,39,43,69H,4,8,11-14,17-22,51H2,1-3H3,(H,52,63)(H,53,64)(H,54,65)(H,55,66)(H,56,61)(H,58,62)/t24?,31-,39?,43-,48-/m0/s1. The molecule has 3 aliphatic rings. The Morgan fingerprint density at radius 1 is 0.943 bits per heavy atom. The van der Waals surface area contributed by atoms with E-state index in [1.807, 2.05) is 0 Å². The van der Waals surface area contributed by atoms with Crippen LogP contribution in [0.15, 0.2) is 47.3 Å². The lowest BCUT2D eigenvalue weighted by atomic mass is 9.81. The third kappa shape index (κ3) is 10.3. The van der Waals surface area contributed by atoms with Crippen molar-refractivity contribution in [2.45, 2.75) is 95.7 Å². The summed E-state index contributed by atoms with van der Waals surface area (Å²) in [5, 5.41) is 27.3. The van der Waals surface area contributed by atoms with Gasteiger partial charge in [-0.1, -0.05) is 53.2 Å². The van der Waals surface area contributed by atoms with Gasteiger partial charge in [-0.15, -0.1) is 0 Å². The van der Waals surface area contributed by atoms with Gasteiger partial charge in [0.05, 0.1) is 72.0 Å². The van der Waals surface area contributed by atoms with Gasteiger partial charge in [0, 0.05) is 35.5 Å². The van der Waals surface area contributed by atoms with E-state index in [1.165, 1.54) is 17.6 Å². The average molecular weight is 1030 g/mol. The molecule has 2 unspecified atom stereocenters. The van der Waals surface area contributed by atoms with Crippen LogP contribution in [0.25, 0.3) is 22.3 Å². The third-order valence-electron chi connectivity index (χ3n) is 12.9. The molecule has 0 radical (unpaired) electrons. The number of nitrogens with zero attached hydrogens (tertiary/aromatic N) is 2. The number of nitrogens with one attached hydrogen (secondary N) is 6. The third-order valence-corrected chi connectivity index (χ3v) is 13.4. The van der Waals surface area contributed by atoms with Crippen molar-refractivity contribution in [2.75, 3.05) is 31.5 Å². The fourth-order valence-electron chi connectivity index (χ4n) is 9.21. The summed E-state index contributed by atoms with van der Waals surface area (Å²) in [5.74, 6) is -7.07. The smallest absolute Gasteiger partial charge is 0.343 e. The summed E-state index contributed by atoms with van der Waals surface area (Å²) in [6, 6.07) is 8.00. The second kappa shape index (κ2) is 21.4. The lowest BCUT2D eigenvalue weighted by molar-refractivity contribution is -0.172. The van der Waals surface area contributed by atoms with Crippen LogP contribution in [-0.2, 0) is 68.3 Å². The number of aromatic nitrogens is 2. The maximum absolute atomic E-state index is 15.4. The lowest BCUT2D eigenvalue weighted by Crippen LogP contribution is -2.54. The average Bonchev–Trinajstić information content (AvgIpc) is 3.72. The highest BCUT2D eigenvalue weighted by atomic mass is 79.9. The molecule has 370 valence electrons. The predicted molar refractivity (Wildman–Crippen MR) is 253 cm³/mol. The molecule has 6 amide bonds. The van der Waals surface area contributed by atoms with E-state index in [1.54, 1.807) is 50.2 Å². The van der Waals surface area contributed by atoms with E-state index in [9.17, 15) is 48.3 Å². The minimum Gasteiger partial charge on any atom is -0.458 e. The first-order chi connectivity index (χ1) is 33.4. The number of cyclic esters (lactones) is 1. The van der Waals surface area contributed by atoms with E-state index in [2.05, 4.69) is 47.8 Å². The Morgan fingerprint density at radius 3 is 2.33 bits per heavy atom. The van der Waals surface area contributed by atoms with Crippen LogP contribution in [0, 0.1) is 12.7 Å². The van der Waals surface area contributed by atoms with Gasteiger partial charge >= 0.3 is 5.97 Å². The largest absolute Gasteiger partial charge is 0.458 e. The molecule has 0 spiro atoms. The van der Waals surface area contributed by atoms with Gasteiger partial charge in [-0.3, -0.25) is 38.4 Å². The van der Waals surface area contributed by atoms with Crippen LogP contribution in [0.5, 0.6) is 0 Å². The van der Waals surface area contributed by atoms with E-state index in [-0.39, 0.29) is 61.3 Å². The maximum atomic E-state index is 15.4. The predicted octanol–water partition coefficient (Wildman–Crippen LogP) is 0.455. The highest BCUT2D eigenvalue weighted by Gasteiger charge is 2.46. The number of halogens is 2. The number of aryl methyl sites for hydroxylation is 1. The number of benzene rings is 2. The zero-order valence-electron chi connectivity index (χ0n) is 38.6. The highest BCUT2D eigenvalue weighted by molar-refractivity contribution is 9.09. The molecule has 20 nitrogen and oxygen atoms in total. The number of Topliss-reactive ketones (excluding diaryl/α,β-unsaturated/α-hetero) is 1. The van der Waals surface area contributed by atoms with E-state index >= 15 is 4.39 Å². The van der Waals surface area contributed by atoms with Crippen molar-refractivity contribution in [2.24, 2.45) is 5.73 Å². The van der Waals surface area contributed by atoms with Crippen molar-refractivity contribution >= 4 is 74.0 Å². The molecule has 0 saturated heterocycles. The number of alkyl halides is 1. The number of carbonyl (C=O) groups is 8. The van der Waals surface area contributed by atoms with Crippen molar-refractivity contribution < 1.29 is 52.6 Å². The highest BCUT2D eigenvalue weighted by Crippen LogP contribution is 2.46. The summed E-state index contributed by atoms with van der Waals surface area (Å²) in [4.78, 5) is 122. The van der Waals surface area contributed by atoms with E-state index < -0.39 is 102 Å². The molecule has 2 aliphatic heterocycles. The van der Waals surface area contributed by atoms with E-state index in [4.69, 9.17) is 15.5 Å². The molecule has 70 heavy (non-hydrogen) atoms. The van der Waals surface area contributed by atoms with E-state index in [0.29, 0.717) is 57.4 Å². The molecule has 0 bridgehead atoms. The molecule has 4 heterocycles. The number of nitrogens with two attached hydrogens (primary N) is 1. The number of hydrogen-bond acceptors (Lipinski definition) is 13. The molecular formula is C48H53BrFN9O11. The second-order valence-corrected chi connectivity index (χ2v) is 18.0. The first-order valence-electron chi connectivity index (χ1n) is 22.8. The fraction of sp³-hybridized carbons (Fsp3) is 0.417. The number of hydrogen-bond donors (Lipinski definition) is 8. The molecule has 4 aromatic rings. The Balaban J connectivity index is 0.995. The molecular weight excluding hydrogens is 977 g/mol. The fourth-order valence-corrected chi connectivity index (χ4v) is 9.37. The van der Waals surface area contributed by atoms with Gasteiger partial charge in [0.1, 0.15) is 18.5 Å². The Bertz CT molecular complexity index is 2880. The molecule has 9 N–H and O–H groups in total. The SMILES string of the molecule is CC[C@@]1(O)C(=O)OCc2c1cc1n(c2=O)Cc2c-1nc1cc(F)c(C)c3c1c2[C@@H](NC(=O)CCCNC(=O)CNC(=O)[C@@H](NC(=O)CBr)C(C(=O)CNC(=O)CNC(=O)C(C)N)c1ccccc1)CC3. The summed E-state index contributed by atoms with van der Waals surface area (Å²) >= 11 is 3.05. The topological polar surface area (TPSA) is 299 Å². The Labute approximate surface area is 408 Å². The van der Waals surface area contributed by atoms with Crippen LogP contribution in [0.4, 0.5) is 4.39 Å². The number of ketones is 1. The number of aliphatic hydroxyl groups is 1. The zero-order chi connectivity index (χ0) is 50.6. The van der Waals surface area contributed by atoms with Gasteiger partial charge in [0.15, 0.2) is 11.4 Å². The zero-order valence-corrected chi connectivity index (χ0v) is 40.2. The molecule has 0 fully saturated rings. The lowest BCUT2D eigenvalue weighted by Gasteiger charge is -2.31. The van der Waals surface area contributed by atoms with Crippen molar-refractivity contribution in [1.29, 1.82) is 0 Å². The number of esters is 1. The molecule has 0 saturated carbocycles. The first-order valence-corrected chi connectivity index (χ1v) is 23.9. The summed E-state index contributed by atoms with van der Waals surface area (Å²) in [7, 11) is 0. The number of amides is 6. The number of fused-ring (bicyclic) bond motifs is 5. The summed E-state index contributed by atoms with van der Waals surface area (Å²) in [5.41, 5.74) is 7.19. The molecule has 7 rings (SSSR count). The van der Waals surface area contributed by atoms with Crippen LogP contribution in [0.3, 0.4) is 0 Å². The summed E-state index contributed by atoms with van der Waals surface area (Å²) in [6.07, 6.45) is 0.948. The van der Waals surface area contributed by atoms with Gasteiger partial charge in [0.2, 0.25) is 35.4 Å². The van der Waals surface area contributed by atoms with Crippen molar-refractivity contribution in [3.8, 4) is 11.4 Å². The number of rotatable bonds is 19. The van der Waals surface area contributed by atoms with Crippen LogP contribution in [0.1, 0.15) is 90.4 Å². The molecule has 22 heteroatoms. The molecule has 2 aromatic heterocycles. The van der Waals surface area contributed by atoms with Crippen LogP contribution >= 0.6 is 15.9 Å². The van der Waals surface area contributed by atoms with Gasteiger partial charge in [-0.05, 0) is 67.9 Å². The minimum atomic E-state index is -2.05. The van der Waals surface area contributed by atoms with Crippen molar-refractivity contribution in [3.63, 3.8) is 0 Å². The molecule has 1 aliphatic carbocycles. The second-order valence-electron chi connectivity index (χ2n) is 17.5. The Morgan fingerprint density at radius 2 is 1.64 bits per heavy atom. The van der Waals surface area contributed by atoms with Crippen molar-refractivity contribution in [1.82, 2.24) is 41.5 Å². The number of ether oxygens (including phenoxy) is 1. The summed E-state index contributed by atoms with van der Waals surface area (Å²) < 4.78 is 22.1. The first kappa shape index (κ1) is 51.0. The quantitative estimate of drug-likeness (QED) is 0.0317. The van der Waals surface area contributed by atoms with Gasteiger partial charge < -0.3 is 52.0 Å². The Kier molecular flexibility index (Phi) is 15.6. The van der Waals surface area contributed by atoms with E-state index in [0.717, 1.165) is 5.56 Å². The van der Waals surface area contributed by atoms with Crippen LogP contribution in [-0.4, -0.2) is 105 Å². The number of carbonyl (C=O) groups excluding carboxylic acids is 8. The normalized spacial score (nSPS) is 17.6. The maximum Gasteiger partial charge on any atom is 0.343 e. The van der Waals surface area contributed by atoms with Crippen LogP contribution < -0.4 is 43.2 Å². The number of pyridine rings is 2. The van der Waals surface area contributed by atoms with Crippen LogP contribution in [0.2, 0.25) is 0 Å². The van der Waals surface area contributed by atoms with Gasteiger partial charge in [-0.25, -0.2) is 14.2 Å². The monoisotopic (exact) mass is 1030 g/mol. The Hall–Kier alpha value is -6.91. The minimum absolute atomic E-state index is 0.0263.